The van der Waals surface area contributed by atoms with Gasteiger partial charge < -0.3 is 4.74 Å². The SMILES string of the molecule is CC(C)(C)N1CCC2(CC1)COC(CN1CC3(CCN(C(C)(C)C)CC3)C1)C2. The summed E-state index contributed by atoms with van der Waals surface area (Å²) in [5.74, 6) is 0. The molecule has 1 atom stereocenters. The summed E-state index contributed by atoms with van der Waals surface area (Å²) >= 11 is 0. The molecule has 4 saturated heterocycles. The average molecular weight is 392 g/mol. The Morgan fingerprint density at radius 3 is 1.68 bits per heavy atom. The third-order valence-corrected chi connectivity index (χ3v) is 8.41. The van der Waals surface area contributed by atoms with Crippen molar-refractivity contribution in [1.29, 1.82) is 0 Å². The Hall–Kier alpha value is -0.160. The highest BCUT2D eigenvalue weighted by Crippen LogP contribution is 2.45. The third kappa shape index (κ3) is 4.31. The Morgan fingerprint density at radius 2 is 1.21 bits per heavy atom. The highest BCUT2D eigenvalue weighted by molar-refractivity contribution is 5.02. The van der Waals surface area contributed by atoms with E-state index in [2.05, 4.69) is 56.2 Å². The predicted octanol–water partition coefficient (Wildman–Crippen LogP) is 3.85. The van der Waals surface area contributed by atoms with Crippen LogP contribution in [0.4, 0.5) is 0 Å². The minimum absolute atomic E-state index is 0.314. The molecule has 28 heavy (non-hydrogen) atoms. The summed E-state index contributed by atoms with van der Waals surface area (Å²) in [5.41, 5.74) is 1.75. The van der Waals surface area contributed by atoms with Crippen molar-refractivity contribution in [3.05, 3.63) is 0 Å². The molecule has 0 aromatic rings. The molecular formula is C24H45N3O. The third-order valence-electron chi connectivity index (χ3n) is 8.41. The zero-order valence-corrected chi connectivity index (χ0v) is 19.5. The number of likely N-dealkylation sites (tertiary alicyclic amines) is 3. The van der Waals surface area contributed by atoms with Gasteiger partial charge in [0.15, 0.2) is 0 Å². The summed E-state index contributed by atoms with van der Waals surface area (Å²) in [4.78, 5) is 8.03. The molecule has 4 aliphatic heterocycles. The average Bonchev–Trinajstić information content (AvgIpc) is 2.95. The van der Waals surface area contributed by atoms with Gasteiger partial charge in [-0.25, -0.2) is 0 Å². The van der Waals surface area contributed by atoms with Crippen LogP contribution in [0.2, 0.25) is 0 Å². The molecule has 4 aliphatic rings. The first-order valence-electron chi connectivity index (χ1n) is 11.8. The molecule has 0 amide bonds. The highest BCUT2D eigenvalue weighted by atomic mass is 16.5. The van der Waals surface area contributed by atoms with Crippen LogP contribution in [0, 0.1) is 10.8 Å². The molecule has 0 radical (unpaired) electrons. The van der Waals surface area contributed by atoms with Crippen molar-refractivity contribution < 1.29 is 4.74 Å². The fraction of sp³-hybridized carbons (Fsp3) is 1.00. The van der Waals surface area contributed by atoms with Gasteiger partial charge in [-0.3, -0.25) is 14.7 Å². The number of nitrogens with zero attached hydrogens (tertiary/aromatic N) is 3. The minimum atomic E-state index is 0.314. The summed E-state index contributed by atoms with van der Waals surface area (Å²) in [5, 5.41) is 0. The maximum Gasteiger partial charge on any atom is 0.0708 e. The topological polar surface area (TPSA) is 19.0 Å². The van der Waals surface area contributed by atoms with Gasteiger partial charge in [0.05, 0.1) is 12.7 Å². The molecule has 4 fully saturated rings. The maximum absolute atomic E-state index is 6.34. The van der Waals surface area contributed by atoms with Crippen molar-refractivity contribution >= 4 is 0 Å². The van der Waals surface area contributed by atoms with Gasteiger partial charge in [0.1, 0.15) is 0 Å². The van der Waals surface area contributed by atoms with E-state index in [4.69, 9.17) is 4.74 Å². The van der Waals surface area contributed by atoms with Gasteiger partial charge in [-0.2, -0.15) is 0 Å². The van der Waals surface area contributed by atoms with Gasteiger partial charge in [-0.15, -0.1) is 0 Å². The normalized spacial score (nSPS) is 32.1. The zero-order chi connectivity index (χ0) is 20.2. The minimum Gasteiger partial charge on any atom is -0.376 e. The Morgan fingerprint density at radius 1 is 0.750 bits per heavy atom. The van der Waals surface area contributed by atoms with E-state index in [9.17, 15) is 0 Å². The molecule has 4 nitrogen and oxygen atoms in total. The van der Waals surface area contributed by atoms with E-state index >= 15 is 0 Å². The Kier molecular flexibility index (Phi) is 5.43. The van der Waals surface area contributed by atoms with E-state index in [0.29, 0.717) is 28.0 Å². The molecule has 0 N–H and O–H groups in total. The quantitative estimate of drug-likeness (QED) is 0.711. The zero-order valence-electron chi connectivity index (χ0n) is 19.5. The van der Waals surface area contributed by atoms with Crippen LogP contribution in [0.1, 0.15) is 73.6 Å². The second kappa shape index (κ2) is 7.21. The van der Waals surface area contributed by atoms with Gasteiger partial charge in [0, 0.05) is 30.7 Å². The van der Waals surface area contributed by atoms with Gasteiger partial charge in [-0.05, 0) is 111 Å². The van der Waals surface area contributed by atoms with Gasteiger partial charge >= 0.3 is 0 Å². The molecule has 0 bridgehead atoms. The lowest BCUT2D eigenvalue weighted by Crippen LogP contribution is -2.62. The lowest BCUT2D eigenvalue weighted by molar-refractivity contribution is -0.0772. The number of hydrogen-bond acceptors (Lipinski definition) is 4. The van der Waals surface area contributed by atoms with Crippen LogP contribution >= 0.6 is 0 Å². The van der Waals surface area contributed by atoms with E-state index < -0.39 is 0 Å². The van der Waals surface area contributed by atoms with E-state index in [1.54, 1.807) is 0 Å². The van der Waals surface area contributed by atoms with Crippen molar-refractivity contribution in [2.45, 2.75) is 90.8 Å². The monoisotopic (exact) mass is 391 g/mol. The van der Waals surface area contributed by atoms with Crippen molar-refractivity contribution in [3.63, 3.8) is 0 Å². The summed E-state index contributed by atoms with van der Waals surface area (Å²) < 4.78 is 6.34. The van der Waals surface area contributed by atoms with E-state index in [1.165, 1.54) is 77.9 Å². The summed E-state index contributed by atoms with van der Waals surface area (Å²) in [6.45, 7) is 24.0. The molecule has 4 heterocycles. The molecule has 0 saturated carbocycles. The molecule has 4 rings (SSSR count). The van der Waals surface area contributed by atoms with Crippen LogP contribution in [0.25, 0.3) is 0 Å². The van der Waals surface area contributed by atoms with Crippen molar-refractivity contribution in [2.75, 3.05) is 52.4 Å². The second-order valence-electron chi connectivity index (χ2n) is 12.6. The smallest absolute Gasteiger partial charge is 0.0708 e. The largest absolute Gasteiger partial charge is 0.376 e. The Labute approximate surface area is 174 Å². The number of ether oxygens (including phenoxy) is 1. The molecule has 0 aromatic heterocycles. The lowest BCUT2D eigenvalue weighted by atomic mass is 9.71. The first kappa shape index (κ1) is 21.1. The Balaban J connectivity index is 1.20. The first-order valence-corrected chi connectivity index (χ1v) is 11.8. The highest BCUT2D eigenvalue weighted by Gasteiger charge is 2.48. The molecule has 1 unspecified atom stereocenters. The van der Waals surface area contributed by atoms with E-state index in [-0.39, 0.29) is 0 Å². The fourth-order valence-corrected chi connectivity index (χ4v) is 6.30. The standard InChI is InChI=1S/C24H45N3O/c1-21(2,3)26-11-7-23(8-12-26)15-20(28-19-23)16-25-17-24(18-25)9-13-27(14-10-24)22(4,5)6/h20H,7-19H2,1-6H3. The number of hydrogen-bond donors (Lipinski definition) is 0. The van der Waals surface area contributed by atoms with Crippen LogP contribution in [0.5, 0.6) is 0 Å². The number of piperidine rings is 2. The molecule has 162 valence electrons. The fourth-order valence-electron chi connectivity index (χ4n) is 6.30. The van der Waals surface area contributed by atoms with Crippen LogP contribution in [0.15, 0.2) is 0 Å². The van der Waals surface area contributed by atoms with Gasteiger partial charge in [0.2, 0.25) is 0 Å². The first-order chi connectivity index (χ1) is 13.0. The van der Waals surface area contributed by atoms with Crippen molar-refractivity contribution in [3.8, 4) is 0 Å². The predicted molar refractivity (Wildman–Crippen MR) is 117 cm³/mol. The Bertz CT molecular complexity index is 537. The summed E-state index contributed by atoms with van der Waals surface area (Å²) in [7, 11) is 0. The molecule has 0 aromatic carbocycles. The molecule has 0 aliphatic carbocycles. The van der Waals surface area contributed by atoms with Crippen LogP contribution in [-0.2, 0) is 4.74 Å². The molecular weight excluding hydrogens is 346 g/mol. The van der Waals surface area contributed by atoms with Crippen molar-refractivity contribution in [2.24, 2.45) is 10.8 Å². The molecule has 2 spiro atoms. The van der Waals surface area contributed by atoms with E-state index in [0.717, 1.165) is 6.61 Å². The van der Waals surface area contributed by atoms with Crippen LogP contribution in [-0.4, -0.2) is 84.3 Å². The van der Waals surface area contributed by atoms with Gasteiger partial charge in [0.25, 0.3) is 0 Å². The second-order valence-corrected chi connectivity index (χ2v) is 12.6. The van der Waals surface area contributed by atoms with Crippen molar-refractivity contribution in [1.82, 2.24) is 14.7 Å². The maximum atomic E-state index is 6.34. The van der Waals surface area contributed by atoms with Crippen LogP contribution < -0.4 is 0 Å². The number of rotatable bonds is 2. The molecule has 4 heteroatoms. The van der Waals surface area contributed by atoms with E-state index in [1.807, 2.05) is 0 Å². The summed E-state index contributed by atoms with van der Waals surface area (Å²) in [6, 6.07) is 0. The van der Waals surface area contributed by atoms with Gasteiger partial charge in [-0.1, -0.05) is 0 Å². The lowest BCUT2D eigenvalue weighted by Gasteiger charge is -2.56. The van der Waals surface area contributed by atoms with Crippen LogP contribution in [0.3, 0.4) is 0 Å². The summed E-state index contributed by atoms with van der Waals surface area (Å²) in [6.07, 6.45) is 7.21.